The van der Waals surface area contributed by atoms with Gasteiger partial charge in [0.2, 0.25) is 0 Å². The molecule has 2 aliphatic heterocycles. The van der Waals surface area contributed by atoms with Gasteiger partial charge in [0.05, 0.1) is 22.8 Å². The summed E-state index contributed by atoms with van der Waals surface area (Å²) < 4.78 is 0. The molecule has 4 aliphatic rings. The fourth-order valence-corrected chi connectivity index (χ4v) is 6.20. The van der Waals surface area contributed by atoms with Crippen molar-refractivity contribution in [2.45, 2.75) is 0 Å². The molecule has 2 aliphatic carbocycles. The zero-order valence-electron chi connectivity index (χ0n) is 23.1. The van der Waals surface area contributed by atoms with Crippen LogP contribution in [0.3, 0.4) is 0 Å². The second-order valence-electron chi connectivity index (χ2n) is 10.8. The molecule has 44 heavy (non-hydrogen) atoms. The fourth-order valence-electron chi connectivity index (χ4n) is 6.20. The van der Waals surface area contributed by atoms with Gasteiger partial charge in [-0.05, 0) is 35.4 Å². The monoisotopic (exact) mass is 568 g/mol. The summed E-state index contributed by atoms with van der Waals surface area (Å²) in [5, 5.41) is 0. The third-order valence-electron chi connectivity index (χ3n) is 8.26. The lowest BCUT2D eigenvalue weighted by Gasteiger charge is -2.08. The van der Waals surface area contributed by atoms with Crippen LogP contribution in [0.25, 0.3) is 23.3 Å². The predicted octanol–water partition coefficient (Wildman–Crippen LogP) is 7.02. The van der Waals surface area contributed by atoms with Crippen LogP contribution in [0.1, 0.15) is 43.0 Å². The average molecular weight is 569 g/mol. The Balaban J connectivity index is 1.36. The Morgan fingerprint density at radius 2 is 0.795 bits per heavy atom. The number of hydrogen-bond acceptors (Lipinski definition) is 6. The summed E-state index contributed by atoms with van der Waals surface area (Å²) >= 11 is 0. The highest BCUT2D eigenvalue weighted by Gasteiger charge is 2.48. The lowest BCUT2D eigenvalue weighted by atomic mass is 9.91. The van der Waals surface area contributed by atoms with Crippen LogP contribution in [-0.4, -0.2) is 35.6 Å². The highest BCUT2D eigenvalue weighted by Crippen LogP contribution is 2.52. The van der Waals surface area contributed by atoms with Gasteiger partial charge in [-0.2, -0.15) is 0 Å². The molecule has 0 aromatic heterocycles. The molecule has 6 nitrogen and oxygen atoms in total. The molecule has 0 radical (unpaired) electrons. The van der Waals surface area contributed by atoms with E-state index in [1.165, 1.54) is 0 Å². The Hall–Kier alpha value is -6.14. The summed E-state index contributed by atoms with van der Waals surface area (Å²) in [6.45, 7) is 0. The molecular weight excluding hydrogens is 548 g/mol. The van der Waals surface area contributed by atoms with Crippen molar-refractivity contribution in [2.24, 2.45) is 9.98 Å². The number of benzene rings is 4. The first-order chi connectivity index (χ1) is 21.6. The van der Waals surface area contributed by atoms with E-state index in [1.807, 2.05) is 48.5 Å². The predicted molar refractivity (Wildman–Crippen MR) is 171 cm³/mol. The minimum atomic E-state index is -0.288. The van der Waals surface area contributed by atoms with Gasteiger partial charge in [-0.25, -0.2) is 9.98 Å². The second kappa shape index (κ2) is 9.71. The number of fused-ring (bicyclic) bond motifs is 6. The number of allylic oxidation sites excluding steroid dienone is 6. The average Bonchev–Trinajstić information content (AvgIpc) is 3.76. The van der Waals surface area contributed by atoms with Crippen molar-refractivity contribution in [3.8, 4) is 0 Å². The van der Waals surface area contributed by atoms with E-state index in [0.717, 1.165) is 46.2 Å². The largest absolute Gasteiger partial charge is 0.298 e. The fraction of sp³-hybridized carbons (Fsp3) is 0. The third-order valence-corrected chi connectivity index (χ3v) is 8.26. The van der Waals surface area contributed by atoms with Gasteiger partial charge in [-0.15, -0.1) is 0 Å². The minimum Gasteiger partial charge on any atom is -0.298 e. The molecule has 2 heterocycles. The molecule has 8 rings (SSSR count). The maximum atomic E-state index is 14.5. The second-order valence-corrected chi connectivity index (χ2v) is 10.8. The first-order valence-electron chi connectivity index (χ1n) is 14.1. The van der Waals surface area contributed by atoms with E-state index in [1.54, 1.807) is 60.7 Å². The van der Waals surface area contributed by atoms with Crippen molar-refractivity contribution in [3.63, 3.8) is 0 Å². The van der Waals surface area contributed by atoms with Gasteiger partial charge in [0.15, 0.2) is 11.6 Å². The number of carbonyl (C=O) groups excluding carboxylic acids is 4. The van der Waals surface area contributed by atoms with Crippen LogP contribution < -0.4 is 0 Å². The van der Waals surface area contributed by atoms with Crippen molar-refractivity contribution < 1.29 is 19.2 Å². The van der Waals surface area contributed by atoms with Gasteiger partial charge in [0.1, 0.15) is 12.6 Å². The van der Waals surface area contributed by atoms with E-state index >= 15 is 0 Å². The van der Waals surface area contributed by atoms with Crippen LogP contribution in [0.5, 0.6) is 0 Å². The molecule has 0 unspecified atom stereocenters. The molecule has 0 N–H and O–H groups in total. The smallest absolute Gasteiger partial charge is 0.196 e. The van der Waals surface area contributed by atoms with Gasteiger partial charge in [-0.1, -0.05) is 84.9 Å². The number of ketones is 2. The van der Waals surface area contributed by atoms with Gasteiger partial charge in [0.25, 0.3) is 0 Å². The van der Waals surface area contributed by atoms with Crippen LogP contribution in [0.4, 0.5) is 11.4 Å². The quantitative estimate of drug-likeness (QED) is 0.191. The van der Waals surface area contributed by atoms with Crippen LogP contribution in [0, 0.1) is 0 Å². The number of nitrogens with zero attached hydrogens (tertiary/aromatic N) is 2. The minimum absolute atomic E-state index is 0.288. The first-order valence-corrected chi connectivity index (χ1v) is 14.1. The molecule has 0 atom stereocenters. The summed E-state index contributed by atoms with van der Waals surface area (Å²) in [7, 11) is 0. The Kier molecular flexibility index (Phi) is 5.64. The first kappa shape index (κ1) is 25.6. The highest BCUT2D eigenvalue weighted by atomic mass is 16.1. The van der Waals surface area contributed by atoms with E-state index in [9.17, 15) is 19.2 Å². The maximum absolute atomic E-state index is 14.5. The number of aliphatic imine (C=N–C) groups is 2. The molecule has 0 saturated heterocycles. The molecule has 0 saturated carbocycles. The summed E-state index contributed by atoms with van der Waals surface area (Å²) in [5.74, 6) is -0.576. The normalized spacial score (nSPS) is 18.0. The van der Waals surface area contributed by atoms with Crippen LogP contribution in [-0.2, 0) is 9.59 Å². The summed E-state index contributed by atoms with van der Waals surface area (Å²) in [5.41, 5.74) is 9.30. The molecule has 206 valence electrons. The zero-order chi connectivity index (χ0) is 29.9. The molecule has 0 spiro atoms. The van der Waals surface area contributed by atoms with Crippen molar-refractivity contribution >= 4 is 70.2 Å². The topological polar surface area (TPSA) is 93.0 Å². The number of hydrogen-bond donors (Lipinski definition) is 0. The van der Waals surface area contributed by atoms with E-state index < -0.39 is 0 Å². The number of rotatable bonds is 5. The van der Waals surface area contributed by atoms with E-state index in [2.05, 4.69) is 0 Å². The van der Waals surface area contributed by atoms with Gasteiger partial charge < -0.3 is 0 Å². The number of aldehydes is 2. The van der Waals surface area contributed by atoms with Gasteiger partial charge in [-0.3, -0.25) is 19.2 Å². The van der Waals surface area contributed by atoms with Gasteiger partial charge >= 0.3 is 0 Å². The van der Waals surface area contributed by atoms with E-state index in [0.29, 0.717) is 56.0 Å². The summed E-state index contributed by atoms with van der Waals surface area (Å²) in [6, 6.07) is 29.1. The number of Topliss-reactive ketones (excluding diaryl/α,β-unsaturated/α-hetero) is 2. The molecule has 4 aromatic carbocycles. The van der Waals surface area contributed by atoms with Crippen LogP contribution >= 0.6 is 0 Å². The lowest BCUT2D eigenvalue weighted by Crippen LogP contribution is -2.11. The lowest BCUT2D eigenvalue weighted by molar-refractivity contribution is -0.114. The summed E-state index contributed by atoms with van der Waals surface area (Å²) in [6.07, 6.45) is 5.07. The van der Waals surface area contributed by atoms with E-state index in [4.69, 9.17) is 9.98 Å². The van der Waals surface area contributed by atoms with Crippen molar-refractivity contribution in [2.75, 3.05) is 0 Å². The number of para-hydroxylation sites is 2. The maximum Gasteiger partial charge on any atom is 0.196 e. The summed E-state index contributed by atoms with van der Waals surface area (Å²) in [4.78, 5) is 61.1. The Labute approximate surface area is 251 Å². The Morgan fingerprint density at radius 3 is 1.18 bits per heavy atom. The molecule has 0 fully saturated rings. The molecule has 0 bridgehead atoms. The van der Waals surface area contributed by atoms with Crippen LogP contribution in [0.15, 0.2) is 129 Å². The highest BCUT2D eigenvalue weighted by molar-refractivity contribution is 6.63. The zero-order valence-corrected chi connectivity index (χ0v) is 23.1. The van der Waals surface area contributed by atoms with Crippen LogP contribution in [0.2, 0.25) is 0 Å². The van der Waals surface area contributed by atoms with E-state index in [-0.39, 0.29) is 11.6 Å². The van der Waals surface area contributed by atoms with Crippen molar-refractivity contribution in [1.29, 1.82) is 0 Å². The Bertz CT molecular complexity index is 2050. The Morgan fingerprint density at radius 1 is 0.432 bits per heavy atom. The third kappa shape index (κ3) is 3.75. The SMILES string of the molecule is O=Cc1ccc(/C=C2/C(=O)C(C3=C4C(=Nc5ccccc54)/C(=C\c4ccc(C=O)cc4)C3=O)=C3C2=Nc2ccccc23)cc1. The van der Waals surface area contributed by atoms with Gasteiger partial charge in [0, 0.05) is 55.7 Å². The number of carbonyl (C=O) groups is 4. The van der Waals surface area contributed by atoms with Crippen molar-refractivity contribution in [3.05, 3.63) is 153 Å². The molecule has 4 aromatic rings. The molecule has 6 heteroatoms. The van der Waals surface area contributed by atoms with Crippen molar-refractivity contribution in [1.82, 2.24) is 0 Å². The molecular formula is C38H20N2O4. The standard InChI is InChI=1S/C38H20N2O4/c41-19-23-13-9-21(10-14-23)17-27-35-31(25-5-1-3-7-29(25)39-35)33(37(27)43)34-32-26-6-2-4-8-30(26)40-36(32)28(38(34)44)18-22-11-15-24(20-42)16-12-22/h1-20H/b27-17+,28-18+. The molecule has 0 amide bonds.